The highest BCUT2D eigenvalue weighted by atomic mass is 16.5. The van der Waals surface area contributed by atoms with E-state index in [1.807, 2.05) is 62.5 Å². The Morgan fingerprint density at radius 1 is 1.04 bits per heavy atom. The number of nitrogens with two attached hydrogens (primary N) is 1. The molecule has 0 spiro atoms. The number of esters is 1. The fourth-order valence-electron chi connectivity index (χ4n) is 3.46. The van der Waals surface area contributed by atoms with Crippen LogP contribution in [0.5, 0.6) is 0 Å². The molecule has 0 aliphatic carbocycles. The third kappa shape index (κ3) is 3.37. The molecule has 0 aliphatic heterocycles. The average molecular weight is 373 g/mol. The quantitative estimate of drug-likeness (QED) is 0.378. The minimum absolute atomic E-state index is 0.286. The Labute approximate surface area is 165 Å². The van der Waals surface area contributed by atoms with Gasteiger partial charge in [-0.15, -0.1) is 0 Å². The molecule has 3 rings (SSSR count). The molecule has 0 amide bonds. The molecule has 1 heterocycles. The van der Waals surface area contributed by atoms with E-state index in [0.717, 1.165) is 28.1 Å². The van der Waals surface area contributed by atoms with Gasteiger partial charge in [0.2, 0.25) is 5.69 Å². The van der Waals surface area contributed by atoms with E-state index in [-0.39, 0.29) is 6.61 Å². The van der Waals surface area contributed by atoms with Crippen molar-refractivity contribution in [1.29, 1.82) is 0 Å². The number of benzene rings is 2. The number of aromatic nitrogens is 1. The van der Waals surface area contributed by atoms with Gasteiger partial charge in [0.25, 0.3) is 0 Å². The van der Waals surface area contributed by atoms with Crippen LogP contribution in [0.3, 0.4) is 0 Å². The van der Waals surface area contributed by atoms with E-state index in [9.17, 15) is 4.79 Å². The number of carbonyl (C=O) groups excluding carboxylic acids is 1. The second kappa shape index (κ2) is 8.01. The van der Waals surface area contributed by atoms with Gasteiger partial charge < -0.3 is 15.0 Å². The van der Waals surface area contributed by atoms with Crippen molar-refractivity contribution in [1.82, 2.24) is 4.57 Å². The van der Waals surface area contributed by atoms with Crippen LogP contribution in [-0.4, -0.2) is 17.1 Å². The van der Waals surface area contributed by atoms with Crippen molar-refractivity contribution >= 4 is 17.3 Å². The number of hydrogen-bond donors (Lipinski definition) is 1. The van der Waals surface area contributed by atoms with Gasteiger partial charge in [-0.25, -0.2) is 9.64 Å². The Hall–Kier alpha value is -3.52. The zero-order valence-corrected chi connectivity index (χ0v) is 16.3. The number of nitrogens with zero attached hydrogens (tertiary/aromatic N) is 2. The second-order valence-corrected chi connectivity index (χ2v) is 6.46. The number of nitrogen functional groups attached to an aromatic ring is 1. The van der Waals surface area contributed by atoms with E-state index in [0.29, 0.717) is 23.4 Å². The zero-order chi connectivity index (χ0) is 20.3. The molecule has 0 saturated carbocycles. The molecule has 5 heteroatoms. The van der Waals surface area contributed by atoms with Gasteiger partial charge in [0.15, 0.2) is 0 Å². The SMILES string of the molecule is [C-]#[N+]c1c(-c2ccc(-c3ccc(N)cc3)cc2)c(C(=O)OCC)n(C)c1CC. The predicted molar refractivity (Wildman–Crippen MR) is 112 cm³/mol. The van der Waals surface area contributed by atoms with Gasteiger partial charge in [0.1, 0.15) is 5.69 Å². The molecule has 0 bridgehead atoms. The molecule has 0 radical (unpaired) electrons. The lowest BCUT2D eigenvalue weighted by molar-refractivity contribution is 0.0516. The van der Waals surface area contributed by atoms with Crippen molar-refractivity contribution in [2.75, 3.05) is 12.3 Å². The van der Waals surface area contributed by atoms with Gasteiger partial charge in [-0.2, -0.15) is 0 Å². The predicted octanol–water partition coefficient (Wildman–Crippen LogP) is 5.23. The Balaban J connectivity index is 2.13. The Kier molecular flexibility index (Phi) is 5.51. The van der Waals surface area contributed by atoms with Crippen LogP contribution < -0.4 is 5.73 Å². The maximum atomic E-state index is 12.6. The van der Waals surface area contributed by atoms with E-state index < -0.39 is 5.97 Å². The van der Waals surface area contributed by atoms with Gasteiger partial charge in [0, 0.05) is 24.0 Å². The van der Waals surface area contributed by atoms with Gasteiger partial charge in [-0.1, -0.05) is 43.3 Å². The van der Waals surface area contributed by atoms with Crippen LogP contribution in [0.1, 0.15) is 30.0 Å². The summed E-state index contributed by atoms with van der Waals surface area (Å²) in [5, 5.41) is 0. The largest absolute Gasteiger partial charge is 0.461 e. The lowest BCUT2D eigenvalue weighted by atomic mass is 9.99. The van der Waals surface area contributed by atoms with E-state index in [2.05, 4.69) is 4.85 Å². The van der Waals surface area contributed by atoms with Gasteiger partial charge in [0.05, 0.1) is 13.2 Å². The van der Waals surface area contributed by atoms with Crippen molar-refractivity contribution in [3.63, 3.8) is 0 Å². The molecule has 0 atom stereocenters. The Bertz CT molecular complexity index is 1040. The normalized spacial score (nSPS) is 10.5. The van der Waals surface area contributed by atoms with Crippen LogP contribution in [0.15, 0.2) is 48.5 Å². The molecular formula is C23H23N3O2. The maximum Gasteiger partial charge on any atom is 0.354 e. The molecule has 0 saturated heterocycles. The minimum atomic E-state index is -0.410. The molecule has 0 unspecified atom stereocenters. The Morgan fingerprint density at radius 2 is 1.57 bits per heavy atom. The van der Waals surface area contributed by atoms with Crippen LogP contribution in [-0.2, 0) is 18.2 Å². The van der Waals surface area contributed by atoms with E-state index >= 15 is 0 Å². The molecule has 1 aromatic heterocycles. The monoisotopic (exact) mass is 373 g/mol. The lowest BCUT2D eigenvalue weighted by Crippen LogP contribution is -2.12. The minimum Gasteiger partial charge on any atom is -0.461 e. The highest BCUT2D eigenvalue weighted by Gasteiger charge is 2.26. The molecule has 2 N–H and O–H groups in total. The molecule has 3 aromatic rings. The van der Waals surface area contributed by atoms with Gasteiger partial charge in [-0.3, -0.25) is 0 Å². The first-order chi connectivity index (χ1) is 13.5. The summed E-state index contributed by atoms with van der Waals surface area (Å²) in [5.74, 6) is -0.410. The zero-order valence-electron chi connectivity index (χ0n) is 16.3. The molecule has 0 fully saturated rings. The fraction of sp³-hybridized carbons (Fsp3) is 0.217. The smallest absolute Gasteiger partial charge is 0.354 e. The highest BCUT2D eigenvalue weighted by Crippen LogP contribution is 2.40. The average Bonchev–Trinajstić information content (AvgIpc) is 3.00. The molecule has 2 aromatic carbocycles. The number of carbonyl (C=O) groups is 1. The first kappa shape index (κ1) is 19.2. The molecule has 0 aliphatic rings. The lowest BCUT2D eigenvalue weighted by Gasteiger charge is -2.09. The van der Waals surface area contributed by atoms with Crippen LogP contribution in [0.4, 0.5) is 11.4 Å². The number of rotatable bonds is 5. The molecular weight excluding hydrogens is 350 g/mol. The van der Waals surface area contributed by atoms with E-state index in [1.54, 1.807) is 11.5 Å². The van der Waals surface area contributed by atoms with Crippen molar-refractivity contribution in [2.45, 2.75) is 20.3 Å². The summed E-state index contributed by atoms with van der Waals surface area (Å²) >= 11 is 0. The first-order valence-electron chi connectivity index (χ1n) is 9.24. The third-order valence-corrected chi connectivity index (χ3v) is 4.82. The highest BCUT2D eigenvalue weighted by molar-refractivity contribution is 6.01. The molecule has 142 valence electrons. The van der Waals surface area contributed by atoms with Crippen molar-refractivity contribution in [3.05, 3.63) is 71.3 Å². The molecule has 5 nitrogen and oxygen atoms in total. The molecule has 28 heavy (non-hydrogen) atoms. The van der Waals surface area contributed by atoms with Crippen LogP contribution in [0, 0.1) is 6.57 Å². The van der Waals surface area contributed by atoms with Crippen LogP contribution in [0.2, 0.25) is 0 Å². The summed E-state index contributed by atoms with van der Waals surface area (Å²) in [4.78, 5) is 16.4. The summed E-state index contributed by atoms with van der Waals surface area (Å²) < 4.78 is 7.04. The van der Waals surface area contributed by atoms with Crippen LogP contribution >= 0.6 is 0 Å². The van der Waals surface area contributed by atoms with Crippen molar-refractivity contribution < 1.29 is 9.53 Å². The van der Waals surface area contributed by atoms with E-state index in [1.165, 1.54) is 0 Å². The summed E-state index contributed by atoms with van der Waals surface area (Å²) in [6, 6.07) is 15.5. The maximum absolute atomic E-state index is 12.6. The summed E-state index contributed by atoms with van der Waals surface area (Å²) in [6.07, 6.45) is 0.657. The van der Waals surface area contributed by atoms with Crippen molar-refractivity contribution in [2.24, 2.45) is 7.05 Å². The summed E-state index contributed by atoms with van der Waals surface area (Å²) in [5.41, 5.74) is 11.8. The number of hydrogen-bond acceptors (Lipinski definition) is 3. The topological polar surface area (TPSA) is 61.6 Å². The number of anilines is 1. The van der Waals surface area contributed by atoms with Gasteiger partial charge >= 0.3 is 5.97 Å². The van der Waals surface area contributed by atoms with Crippen molar-refractivity contribution in [3.8, 4) is 22.3 Å². The standard InChI is InChI=1S/C23H23N3O2/c1-5-19-21(25-3)20(22(26(19)4)23(27)28-6-2)17-9-7-15(8-10-17)16-11-13-18(24)14-12-16/h7-14H,5-6,24H2,1-2,4H3. The first-order valence-corrected chi connectivity index (χ1v) is 9.24. The fourth-order valence-corrected chi connectivity index (χ4v) is 3.46. The van der Waals surface area contributed by atoms with Crippen LogP contribution in [0.25, 0.3) is 27.1 Å². The second-order valence-electron chi connectivity index (χ2n) is 6.46. The summed E-state index contributed by atoms with van der Waals surface area (Å²) in [7, 11) is 1.81. The van der Waals surface area contributed by atoms with Gasteiger partial charge in [-0.05, 0) is 42.2 Å². The number of ether oxygens (including phenoxy) is 1. The Morgan fingerprint density at radius 3 is 2.07 bits per heavy atom. The third-order valence-electron chi connectivity index (χ3n) is 4.82. The summed E-state index contributed by atoms with van der Waals surface area (Å²) in [6.45, 7) is 11.7. The van der Waals surface area contributed by atoms with E-state index in [4.69, 9.17) is 17.0 Å².